The van der Waals surface area contributed by atoms with Gasteiger partial charge in [0.15, 0.2) is 0 Å². The van der Waals surface area contributed by atoms with E-state index in [9.17, 15) is 9.90 Å². The standard InChI is InChI=1S/C31H48O3/c1-18(2)19(3)24-17-20(27(33)34-24)21-11-15-31(8)23-9-10-25-28(4,5)26(32)13-14-29(25,6)22(23)12-16-30(21,31)7/h20-21,24-26,32H,9-17H2,1-8H3/t20-,21-,24+,25-,26-,29+,30+,31-/m0/s1. The van der Waals surface area contributed by atoms with Crippen molar-refractivity contribution < 1.29 is 14.6 Å². The monoisotopic (exact) mass is 468 g/mol. The van der Waals surface area contributed by atoms with Gasteiger partial charge in [0.05, 0.1) is 12.0 Å². The molecule has 5 rings (SSSR count). The molecule has 3 fully saturated rings. The Hall–Kier alpha value is -1.09. The van der Waals surface area contributed by atoms with E-state index in [0.717, 1.165) is 25.7 Å². The minimum Gasteiger partial charge on any atom is -0.458 e. The number of carbonyl (C=O) groups is 1. The summed E-state index contributed by atoms with van der Waals surface area (Å²) in [5.74, 6) is 1.08. The van der Waals surface area contributed by atoms with Crippen LogP contribution in [0.2, 0.25) is 0 Å². The molecule has 0 radical (unpaired) electrons. The van der Waals surface area contributed by atoms with Crippen LogP contribution in [0.3, 0.4) is 0 Å². The first-order valence-corrected chi connectivity index (χ1v) is 14.0. The fraction of sp³-hybridized carbons (Fsp3) is 0.839. The number of hydrogen-bond acceptors (Lipinski definition) is 3. The van der Waals surface area contributed by atoms with Crippen LogP contribution in [0, 0.1) is 39.4 Å². The highest BCUT2D eigenvalue weighted by Crippen LogP contribution is 2.72. The van der Waals surface area contributed by atoms with Gasteiger partial charge >= 0.3 is 5.97 Å². The second kappa shape index (κ2) is 7.70. The van der Waals surface area contributed by atoms with E-state index in [1.165, 1.54) is 43.3 Å². The summed E-state index contributed by atoms with van der Waals surface area (Å²) in [5, 5.41) is 10.8. The first kappa shape index (κ1) is 24.6. The van der Waals surface area contributed by atoms with Gasteiger partial charge in [-0.1, -0.05) is 51.3 Å². The van der Waals surface area contributed by atoms with Crippen LogP contribution in [-0.4, -0.2) is 23.3 Å². The maximum atomic E-state index is 13.2. The third-order valence-corrected chi connectivity index (χ3v) is 12.6. The van der Waals surface area contributed by atoms with Crippen molar-refractivity contribution in [3.8, 4) is 0 Å². The van der Waals surface area contributed by atoms with Crippen molar-refractivity contribution in [2.45, 2.75) is 125 Å². The van der Waals surface area contributed by atoms with Crippen LogP contribution in [0.1, 0.15) is 113 Å². The van der Waals surface area contributed by atoms with Crippen LogP contribution in [0.15, 0.2) is 22.3 Å². The molecule has 3 nitrogen and oxygen atoms in total. The Morgan fingerprint density at radius 1 is 0.912 bits per heavy atom. The van der Waals surface area contributed by atoms with Gasteiger partial charge in [-0.3, -0.25) is 4.79 Å². The molecule has 34 heavy (non-hydrogen) atoms. The third-order valence-electron chi connectivity index (χ3n) is 12.6. The zero-order chi connectivity index (χ0) is 24.8. The Bertz CT molecular complexity index is 952. The molecular formula is C31H48O3. The highest BCUT2D eigenvalue weighted by atomic mass is 16.6. The quantitative estimate of drug-likeness (QED) is 0.339. The summed E-state index contributed by atoms with van der Waals surface area (Å²) in [6.07, 6.45) is 9.79. The Morgan fingerprint density at radius 2 is 1.62 bits per heavy atom. The van der Waals surface area contributed by atoms with Crippen LogP contribution in [-0.2, 0) is 9.53 Å². The molecule has 5 aliphatic rings. The molecule has 0 aromatic carbocycles. The van der Waals surface area contributed by atoms with Gasteiger partial charge < -0.3 is 9.84 Å². The zero-order valence-corrected chi connectivity index (χ0v) is 23.0. The van der Waals surface area contributed by atoms with E-state index in [1.807, 2.05) is 0 Å². The lowest BCUT2D eigenvalue weighted by atomic mass is 9.43. The van der Waals surface area contributed by atoms with Crippen molar-refractivity contribution in [3.63, 3.8) is 0 Å². The van der Waals surface area contributed by atoms with Crippen LogP contribution in [0.25, 0.3) is 0 Å². The fourth-order valence-electron chi connectivity index (χ4n) is 9.88. The van der Waals surface area contributed by atoms with Crippen molar-refractivity contribution in [1.29, 1.82) is 0 Å². The Labute approximate surface area is 207 Å². The maximum Gasteiger partial charge on any atom is 0.309 e. The molecule has 0 aromatic rings. The Morgan fingerprint density at radius 3 is 2.29 bits per heavy atom. The lowest BCUT2D eigenvalue weighted by Crippen LogP contribution is -2.55. The topological polar surface area (TPSA) is 46.5 Å². The molecule has 0 spiro atoms. The van der Waals surface area contributed by atoms with Gasteiger partial charge in [0.25, 0.3) is 0 Å². The summed E-state index contributed by atoms with van der Waals surface area (Å²) in [6, 6.07) is 0. The highest BCUT2D eigenvalue weighted by Gasteiger charge is 2.65. The molecule has 1 heterocycles. The van der Waals surface area contributed by atoms with Crippen molar-refractivity contribution >= 4 is 5.97 Å². The van der Waals surface area contributed by atoms with Gasteiger partial charge in [-0.05, 0) is 111 Å². The highest BCUT2D eigenvalue weighted by molar-refractivity contribution is 5.76. The minimum atomic E-state index is -0.182. The Balaban J connectivity index is 1.48. The lowest BCUT2D eigenvalue weighted by molar-refractivity contribution is -0.146. The molecule has 1 saturated heterocycles. The average molecular weight is 469 g/mol. The summed E-state index contributed by atoms with van der Waals surface area (Å²) in [5.41, 5.74) is 6.56. The molecule has 4 aliphatic carbocycles. The minimum absolute atomic E-state index is 0.0171. The zero-order valence-electron chi connectivity index (χ0n) is 23.0. The van der Waals surface area contributed by atoms with Crippen LogP contribution >= 0.6 is 0 Å². The predicted molar refractivity (Wildman–Crippen MR) is 137 cm³/mol. The van der Waals surface area contributed by atoms with Gasteiger partial charge in [0.1, 0.15) is 6.10 Å². The van der Waals surface area contributed by atoms with Crippen molar-refractivity contribution in [3.05, 3.63) is 22.3 Å². The summed E-state index contributed by atoms with van der Waals surface area (Å²) < 4.78 is 5.96. The molecule has 0 aromatic heterocycles. The lowest BCUT2D eigenvalue weighted by Gasteiger charge is -2.62. The van der Waals surface area contributed by atoms with E-state index in [2.05, 4.69) is 55.4 Å². The van der Waals surface area contributed by atoms with E-state index >= 15 is 0 Å². The Kier molecular flexibility index (Phi) is 5.57. The normalized spacial score (nSPS) is 47.6. The molecule has 0 unspecified atom stereocenters. The maximum absolute atomic E-state index is 13.2. The average Bonchev–Trinajstić information content (AvgIpc) is 3.27. The second-order valence-electron chi connectivity index (χ2n) is 14.2. The van der Waals surface area contributed by atoms with Crippen LogP contribution in [0.4, 0.5) is 0 Å². The third kappa shape index (κ3) is 3.07. The number of carbonyl (C=O) groups excluding carboxylic acids is 1. The van der Waals surface area contributed by atoms with Crippen molar-refractivity contribution in [2.75, 3.05) is 0 Å². The number of aliphatic hydroxyl groups is 1. The number of allylic oxidation sites excluding steroid dienone is 3. The van der Waals surface area contributed by atoms with Gasteiger partial charge in [-0.2, -0.15) is 0 Å². The van der Waals surface area contributed by atoms with E-state index in [1.54, 1.807) is 11.1 Å². The predicted octanol–water partition coefficient (Wildman–Crippen LogP) is 7.38. The number of aliphatic hydroxyl groups excluding tert-OH is 1. The first-order chi connectivity index (χ1) is 15.8. The fourth-order valence-corrected chi connectivity index (χ4v) is 9.88. The largest absolute Gasteiger partial charge is 0.458 e. The second-order valence-corrected chi connectivity index (χ2v) is 14.2. The number of ether oxygens (including phenoxy) is 1. The summed E-state index contributed by atoms with van der Waals surface area (Å²) in [6.45, 7) is 18.6. The molecule has 3 heteroatoms. The summed E-state index contributed by atoms with van der Waals surface area (Å²) >= 11 is 0. The van der Waals surface area contributed by atoms with Gasteiger partial charge in [-0.15, -0.1) is 0 Å². The smallest absolute Gasteiger partial charge is 0.309 e. The van der Waals surface area contributed by atoms with Crippen LogP contribution in [0.5, 0.6) is 0 Å². The molecule has 0 bridgehead atoms. The molecule has 190 valence electrons. The number of fused-ring (bicyclic) bond motifs is 4. The van der Waals surface area contributed by atoms with Gasteiger partial charge in [-0.25, -0.2) is 0 Å². The van der Waals surface area contributed by atoms with Crippen LogP contribution < -0.4 is 0 Å². The van der Waals surface area contributed by atoms with Gasteiger partial charge in [0.2, 0.25) is 0 Å². The molecule has 2 saturated carbocycles. The van der Waals surface area contributed by atoms with E-state index < -0.39 is 0 Å². The number of rotatable bonds is 2. The summed E-state index contributed by atoms with van der Waals surface area (Å²) in [7, 11) is 0. The molecule has 1 aliphatic heterocycles. The van der Waals surface area contributed by atoms with Gasteiger partial charge in [0, 0.05) is 6.42 Å². The number of esters is 1. The van der Waals surface area contributed by atoms with Crippen molar-refractivity contribution in [2.24, 2.45) is 39.4 Å². The van der Waals surface area contributed by atoms with E-state index in [4.69, 9.17) is 4.74 Å². The molecule has 0 amide bonds. The number of hydrogen-bond donors (Lipinski definition) is 1. The number of cyclic esters (lactones) is 1. The molecule has 8 atom stereocenters. The van der Waals surface area contributed by atoms with E-state index in [0.29, 0.717) is 11.8 Å². The van der Waals surface area contributed by atoms with E-state index in [-0.39, 0.29) is 45.8 Å². The SMILES string of the molecule is CC(C)=C(C)[C@H]1C[C@@H]([C@@H]2CC[C@@]3(C)C4=C(CC[C@]23C)[C@@]2(C)CC[C@H](O)C(C)(C)[C@@H]2CC4)C(=O)O1. The molecular weight excluding hydrogens is 420 g/mol. The van der Waals surface area contributed by atoms with Crippen molar-refractivity contribution in [1.82, 2.24) is 0 Å². The first-order valence-electron chi connectivity index (χ1n) is 14.0. The summed E-state index contributed by atoms with van der Waals surface area (Å²) in [4.78, 5) is 13.2. The molecule has 1 N–H and O–H groups in total.